The fraction of sp³-hybridized carbons (Fsp3) is 0.406. The van der Waals surface area contributed by atoms with Crippen molar-refractivity contribution < 1.29 is 29.0 Å². The van der Waals surface area contributed by atoms with Crippen LogP contribution in [-0.4, -0.2) is 70.1 Å². The summed E-state index contributed by atoms with van der Waals surface area (Å²) in [6.07, 6.45) is 2.81. The van der Waals surface area contributed by atoms with Gasteiger partial charge in [-0.25, -0.2) is 0 Å². The van der Waals surface area contributed by atoms with Gasteiger partial charge in [0.1, 0.15) is 18.2 Å². The van der Waals surface area contributed by atoms with E-state index in [2.05, 4.69) is 29.1 Å². The minimum atomic E-state index is -1.30. The highest BCUT2D eigenvalue weighted by atomic mass is 79.9. The quantitative estimate of drug-likeness (QED) is 0.244. The molecule has 3 saturated heterocycles. The third-order valence-electron chi connectivity index (χ3n) is 8.50. The number of aliphatic hydroxyl groups is 1. The van der Waals surface area contributed by atoms with E-state index in [1.807, 2.05) is 62.4 Å². The monoisotopic (exact) mass is 622 g/mol. The molecular formula is C32H35BrN2O6. The van der Waals surface area contributed by atoms with Crippen molar-refractivity contribution in [2.45, 2.75) is 48.9 Å². The number of fused-ring (bicyclic) bond motifs is 1. The third-order valence-corrected chi connectivity index (χ3v) is 9.35. The number of nitrogens with zero attached hydrogens (tertiary/aromatic N) is 2. The molecule has 3 fully saturated rings. The number of anilines is 1. The van der Waals surface area contributed by atoms with Crippen molar-refractivity contribution in [1.82, 2.24) is 4.90 Å². The number of rotatable bonds is 10. The van der Waals surface area contributed by atoms with Gasteiger partial charge in [0.25, 0.3) is 5.91 Å². The Labute approximate surface area is 248 Å². The van der Waals surface area contributed by atoms with Gasteiger partial charge in [0.05, 0.1) is 30.6 Å². The molecule has 0 aliphatic carbocycles. The molecule has 1 N–H and O–H groups in total. The van der Waals surface area contributed by atoms with Gasteiger partial charge in [-0.05, 0) is 43.0 Å². The van der Waals surface area contributed by atoms with Gasteiger partial charge in [0, 0.05) is 17.1 Å². The SMILES string of the molecule is C=CCOC(=O)[C@H]1[C@@H]2OC3(CC2Br)C(C(=O)N(CC=C)c2cc(C)ccc2C)N([C@H](CO)c2ccccc2)C(=O)[C@H]13. The molecule has 0 aromatic heterocycles. The largest absolute Gasteiger partial charge is 0.461 e. The van der Waals surface area contributed by atoms with Crippen LogP contribution in [0.5, 0.6) is 0 Å². The van der Waals surface area contributed by atoms with Gasteiger partial charge in [0.15, 0.2) is 0 Å². The molecule has 1 spiro atoms. The Balaban J connectivity index is 1.67. The zero-order valence-electron chi connectivity index (χ0n) is 23.2. The second-order valence-corrected chi connectivity index (χ2v) is 12.1. The van der Waals surface area contributed by atoms with E-state index in [0.29, 0.717) is 17.7 Å². The van der Waals surface area contributed by atoms with Gasteiger partial charge in [0.2, 0.25) is 5.91 Å². The molecule has 0 saturated carbocycles. The third kappa shape index (κ3) is 4.73. The number of likely N-dealkylation sites (tertiary alicyclic amines) is 1. The summed E-state index contributed by atoms with van der Waals surface area (Å²) < 4.78 is 12.0. The molecule has 5 rings (SSSR count). The van der Waals surface area contributed by atoms with Crippen molar-refractivity contribution >= 4 is 39.4 Å². The summed E-state index contributed by atoms with van der Waals surface area (Å²) in [5.74, 6) is -3.19. The first-order chi connectivity index (χ1) is 19.7. The average Bonchev–Trinajstić information content (AvgIpc) is 3.56. The molecule has 8 nitrogen and oxygen atoms in total. The zero-order chi connectivity index (χ0) is 29.5. The number of hydrogen-bond acceptors (Lipinski definition) is 6. The fourth-order valence-corrected chi connectivity index (χ4v) is 7.76. The van der Waals surface area contributed by atoms with E-state index in [1.54, 1.807) is 11.0 Å². The van der Waals surface area contributed by atoms with E-state index >= 15 is 0 Å². The number of hydrogen-bond donors (Lipinski definition) is 1. The lowest BCUT2D eigenvalue weighted by molar-refractivity contribution is -0.154. The van der Waals surface area contributed by atoms with Crippen LogP contribution in [0.15, 0.2) is 73.8 Å². The number of ether oxygens (including phenoxy) is 2. The van der Waals surface area contributed by atoms with E-state index in [9.17, 15) is 19.5 Å². The van der Waals surface area contributed by atoms with Gasteiger partial charge < -0.3 is 24.4 Å². The van der Waals surface area contributed by atoms with Crippen LogP contribution < -0.4 is 4.90 Å². The van der Waals surface area contributed by atoms with Gasteiger partial charge >= 0.3 is 5.97 Å². The summed E-state index contributed by atoms with van der Waals surface area (Å²) in [5.41, 5.74) is 1.94. The average molecular weight is 624 g/mol. The minimum Gasteiger partial charge on any atom is -0.461 e. The second-order valence-electron chi connectivity index (χ2n) is 11.0. The summed E-state index contributed by atoms with van der Waals surface area (Å²) in [4.78, 5) is 45.5. The molecule has 9 heteroatoms. The fourth-order valence-electron chi connectivity index (χ4n) is 6.81. The highest BCUT2D eigenvalue weighted by molar-refractivity contribution is 9.09. The molecular weight excluding hydrogens is 588 g/mol. The first kappa shape index (κ1) is 29.2. The maximum Gasteiger partial charge on any atom is 0.312 e. The zero-order valence-corrected chi connectivity index (χ0v) is 24.8. The summed E-state index contributed by atoms with van der Waals surface area (Å²) in [7, 11) is 0. The summed E-state index contributed by atoms with van der Waals surface area (Å²) in [6.45, 7) is 11.2. The van der Waals surface area contributed by atoms with Crippen molar-refractivity contribution in [2.75, 3.05) is 24.7 Å². The first-order valence-electron chi connectivity index (χ1n) is 13.8. The Kier molecular flexibility index (Phi) is 8.23. The van der Waals surface area contributed by atoms with Crippen LogP contribution in [0.25, 0.3) is 0 Å². The van der Waals surface area contributed by atoms with Crippen LogP contribution in [0.3, 0.4) is 0 Å². The summed E-state index contributed by atoms with van der Waals surface area (Å²) >= 11 is 3.68. The smallest absolute Gasteiger partial charge is 0.312 e. The van der Waals surface area contributed by atoms with E-state index in [-0.39, 0.29) is 23.9 Å². The molecule has 3 unspecified atom stereocenters. The second kappa shape index (κ2) is 11.5. The number of alkyl halides is 1. The maximum absolute atomic E-state index is 14.9. The first-order valence-corrected chi connectivity index (χ1v) is 14.7. The van der Waals surface area contributed by atoms with Crippen LogP contribution in [0.2, 0.25) is 0 Å². The molecule has 3 aliphatic rings. The molecule has 216 valence electrons. The number of amides is 2. The van der Waals surface area contributed by atoms with Gasteiger partial charge in [-0.15, -0.1) is 6.58 Å². The van der Waals surface area contributed by atoms with Crippen LogP contribution in [-0.2, 0) is 23.9 Å². The lowest BCUT2D eigenvalue weighted by Crippen LogP contribution is -2.57. The van der Waals surface area contributed by atoms with Crippen molar-refractivity contribution in [1.29, 1.82) is 0 Å². The number of aryl methyl sites for hydroxylation is 2. The predicted molar refractivity (Wildman–Crippen MR) is 158 cm³/mol. The Bertz CT molecular complexity index is 1370. The van der Waals surface area contributed by atoms with E-state index in [4.69, 9.17) is 9.47 Å². The molecule has 2 amide bonds. The maximum atomic E-state index is 14.9. The Morgan fingerprint density at radius 2 is 1.95 bits per heavy atom. The molecule has 2 bridgehead atoms. The predicted octanol–water partition coefficient (Wildman–Crippen LogP) is 4.03. The van der Waals surface area contributed by atoms with Crippen molar-refractivity contribution in [3.63, 3.8) is 0 Å². The van der Waals surface area contributed by atoms with Crippen LogP contribution in [0, 0.1) is 25.7 Å². The summed E-state index contributed by atoms with van der Waals surface area (Å²) in [6, 6.07) is 13.0. The lowest BCUT2D eigenvalue weighted by Gasteiger charge is -2.39. The van der Waals surface area contributed by atoms with Crippen LogP contribution in [0.1, 0.15) is 29.2 Å². The van der Waals surface area contributed by atoms with Gasteiger partial charge in [-0.1, -0.05) is 77.1 Å². The lowest BCUT2D eigenvalue weighted by atomic mass is 9.70. The molecule has 3 aliphatic heterocycles. The topological polar surface area (TPSA) is 96.4 Å². The van der Waals surface area contributed by atoms with Crippen LogP contribution in [0.4, 0.5) is 5.69 Å². The van der Waals surface area contributed by atoms with Crippen LogP contribution >= 0.6 is 15.9 Å². The molecule has 7 atom stereocenters. The molecule has 0 radical (unpaired) electrons. The molecule has 2 aromatic rings. The number of carbonyl (C=O) groups excluding carboxylic acids is 3. The number of benzene rings is 2. The van der Waals surface area contributed by atoms with Crippen molar-refractivity contribution in [3.8, 4) is 0 Å². The van der Waals surface area contributed by atoms with E-state index < -0.39 is 54.1 Å². The standard InChI is InChI=1S/C32H35BrN2O6/c1-5-14-34(23-16-19(3)12-13-20(23)4)30(38)28-32-17-22(33)27(41-32)25(31(39)40-15-6-2)26(32)29(37)35(28)24(18-36)21-10-8-7-9-11-21/h5-13,16,22,24-28,36H,1-2,14-15,17-18H2,3-4H3/t22?,24-,25-,26+,27-,28?,32?/m1/s1. The molecule has 41 heavy (non-hydrogen) atoms. The number of halogens is 1. The number of carbonyl (C=O) groups is 3. The highest BCUT2D eigenvalue weighted by Crippen LogP contribution is 2.61. The highest BCUT2D eigenvalue weighted by Gasteiger charge is 2.77. The number of aliphatic hydroxyl groups excluding tert-OH is 1. The van der Waals surface area contributed by atoms with Gasteiger partial charge in [-0.2, -0.15) is 0 Å². The van der Waals surface area contributed by atoms with Crippen molar-refractivity contribution in [2.24, 2.45) is 11.8 Å². The summed E-state index contributed by atoms with van der Waals surface area (Å²) in [5, 5.41) is 10.7. The minimum absolute atomic E-state index is 0.00197. The van der Waals surface area contributed by atoms with Gasteiger partial charge in [-0.3, -0.25) is 14.4 Å². The molecule has 3 heterocycles. The molecule has 2 aromatic carbocycles. The number of esters is 1. The Morgan fingerprint density at radius 3 is 2.61 bits per heavy atom. The Hall–Kier alpha value is -3.27. The van der Waals surface area contributed by atoms with E-state index in [0.717, 1.165) is 11.1 Å². The Morgan fingerprint density at radius 1 is 1.22 bits per heavy atom. The van der Waals surface area contributed by atoms with E-state index in [1.165, 1.54) is 11.0 Å². The van der Waals surface area contributed by atoms with Crippen molar-refractivity contribution in [3.05, 3.63) is 90.5 Å². The normalized spacial score (nSPS) is 28.7.